The van der Waals surface area contributed by atoms with E-state index in [1.54, 1.807) is 0 Å². The maximum absolute atomic E-state index is 10.6. The predicted octanol–water partition coefficient (Wildman–Crippen LogP) is -2.15. The van der Waals surface area contributed by atoms with Gasteiger partial charge in [0, 0.05) is 12.1 Å². The molecule has 1 aromatic rings. The minimum atomic E-state index is -4.80. The van der Waals surface area contributed by atoms with Crippen molar-refractivity contribution < 1.29 is 41.6 Å². The fraction of sp³-hybridized carbons (Fsp3) is 0. The molecular weight excluding hydrogens is 320 g/mol. The van der Waals surface area contributed by atoms with Gasteiger partial charge in [-0.25, -0.2) is 0 Å². The van der Waals surface area contributed by atoms with Crippen LogP contribution in [0.5, 0.6) is 11.5 Å². The van der Waals surface area contributed by atoms with Gasteiger partial charge in [0.25, 0.3) is 20.2 Å². The first kappa shape index (κ1) is 20.2. The Kier molecular flexibility index (Phi) is 7.11. The van der Waals surface area contributed by atoms with Crippen molar-refractivity contribution in [1.82, 2.24) is 0 Å². The number of hydrogen-bond acceptors (Lipinski definition) is 6. The van der Waals surface area contributed by atoms with Gasteiger partial charge in [-0.2, -0.15) is 16.8 Å². The molecule has 0 unspecified atom stereocenters. The van der Waals surface area contributed by atoms with Crippen LogP contribution in [0, 0.1) is 0 Å². The van der Waals surface area contributed by atoms with Crippen molar-refractivity contribution in [3.05, 3.63) is 12.1 Å². The number of rotatable bonds is 2. The quantitative estimate of drug-likeness (QED) is 0.269. The van der Waals surface area contributed by atoms with Gasteiger partial charge >= 0.3 is 37.7 Å². The number of hydrogen-bond donors (Lipinski definition) is 4. The summed E-state index contributed by atoms with van der Waals surface area (Å²) in [5.74, 6) is -2.24. The molecule has 0 aromatic heterocycles. The second kappa shape index (κ2) is 6.34. The van der Waals surface area contributed by atoms with E-state index in [0.29, 0.717) is 12.1 Å². The molecule has 12 heteroatoms. The van der Waals surface area contributed by atoms with Crippen molar-refractivity contribution >= 4 is 58.0 Å². The SMILES string of the molecule is O.O=S(=O)(O)c1cc(O)c(S(=O)(=O)O)cc1O.[CaH2]. The third-order valence-electron chi connectivity index (χ3n) is 1.60. The van der Waals surface area contributed by atoms with E-state index in [2.05, 4.69) is 0 Å². The molecule has 1 rings (SSSR count). The van der Waals surface area contributed by atoms with Crippen LogP contribution in [0.25, 0.3) is 0 Å². The van der Waals surface area contributed by atoms with E-state index in [9.17, 15) is 16.8 Å². The Morgan fingerprint density at radius 3 is 1.17 bits per heavy atom. The van der Waals surface area contributed by atoms with E-state index >= 15 is 0 Å². The zero-order chi connectivity index (χ0) is 12.7. The molecule has 0 atom stereocenters. The van der Waals surface area contributed by atoms with Gasteiger partial charge in [0.2, 0.25) is 0 Å². The number of phenolic OH excluding ortho intramolecular Hbond substituents is 2. The first-order chi connectivity index (χ1) is 7.03. The molecule has 0 saturated heterocycles. The van der Waals surface area contributed by atoms with Gasteiger partial charge in [0.1, 0.15) is 21.3 Å². The van der Waals surface area contributed by atoms with Crippen LogP contribution in [0.15, 0.2) is 21.9 Å². The van der Waals surface area contributed by atoms with Crippen molar-refractivity contribution in [2.75, 3.05) is 0 Å². The second-order valence-corrected chi connectivity index (χ2v) is 5.52. The van der Waals surface area contributed by atoms with Gasteiger partial charge in [-0.3, -0.25) is 9.11 Å². The van der Waals surface area contributed by atoms with Gasteiger partial charge in [-0.05, 0) is 0 Å². The van der Waals surface area contributed by atoms with E-state index in [4.69, 9.17) is 19.3 Å². The van der Waals surface area contributed by atoms with Gasteiger partial charge in [-0.15, -0.1) is 0 Å². The Bertz CT molecular complexity index is 576. The van der Waals surface area contributed by atoms with Gasteiger partial charge in [-0.1, -0.05) is 0 Å². The molecule has 18 heavy (non-hydrogen) atoms. The molecule has 0 radical (unpaired) electrons. The molecule has 0 saturated carbocycles. The van der Waals surface area contributed by atoms with Gasteiger partial charge in [0.05, 0.1) is 0 Å². The van der Waals surface area contributed by atoms with Crippen LogP contribution in [-0.4, -0.2) is 79.4 Å². The molecule has 0 spiro atoms. The first-order valence-electron chi connectivity index (χ1n) is 3.54. The van der Waals surface area contributed by atoms with E-state index in [-0.39, 0.29) is 43.2 Å². The monoisotopic (exact) mass is 330 g/mol. The second-order valence-electron chi connectivity index (χ2n) is 2.74. The molecule has 0 fully saturated rings. The third kappa shape index (κ3) is 4.51. The molecule has 0 aliphatic rings. The fourth-order valence-electron chi connectivity index (χ4n) is 0.952. The molecule has 1 aromatic carbocycles. The minimum absolute atomic E-state index is 0. The topological polar surface area (TPSA) is 181 Å². The number of phenols is 2. The average molecular weight is 330 g/mol. The van der Waals surface area contributed by atoms with Crippen LogP contribution < -0.4 is 0 Å². The van der Waals surface area contributed by atoms with Crippen LogP contribution >= 0.6 is 0 Å². The molecule has 102 valence electrons. The molecule has 6 N–H and O–H groups in total. The first-order valence-corrected chi connectivity index (χ1v) is 6.42. The Hall–Kier alpha value is -0.140. The van der Waals surface area contributed by atoms with Crippen LogP contribution in [0.2, 0.25) is 0 Å². The normalized spacial score (nSPS) is 11.2. The van der Waals surface area contributed by atoms with E-state index in [1.165, 1.54) is 0 Å². The third-order valence-corrected chi connectivity index (χ3v) is 3.36. The van der Waals surface area contributed by atoms with Crippen molar-refractivity contribution in [3.8, 4) is 11.5 Å². The Labute approximate surface area is 132 Å². The van der Waals surface area contributed by atoms with Crippen molar-refractivity contribution in [1.29, 1.82) is 0 Å². The summed E-state index contributed by atoms with van der Waals surface area (Å²) in [6, 6.07) is 0.599. The fourth-order valence-corrected chi connectivity index (χ4v) is 2.12. The molecule has 0 heterocycles. The van der Waals surface area contributed by atoms with E-state index in [1.807, 2.05) is 0 Å². The van der Waals surface area contributed by atoms with Crippen LogP contribution in [0.4, 0.5) is 0 Å². The molecule has 0 bridgehead atoms. The number of benzene rings is 1. The Balaban J connectivity index is 0. The summed E-state index contributed by atoms with van der Waals surface area (Å²) in [5.41, 5.74) is 0. The summed E-state index contributed by atoms with van der Waals surface area (Å²) in [6.07, 6.45) is 0. The standard InChI is InChI=1S/C6H6O8S2.Ca.H2O.2H/c7-3-1-5(15(9,10)11)4(8)2-6(3)16(12,13)14;;;;/h1-2,7-8H,(H,9,10,11)(H,12,13,14);;1H2;;. The summed E-state index contributed by atoms with van der Waals surface area (Å²) in [4.78, 5) is -2.14. The molecule has 0 aliphatic heterocycles. The van der Waals surface area contributed by atoms with Gasteiger partial charge in [0.15, 0.2) is 0 Å². The summed E-state index contributed by atoms with van der Waals surface area (Å²) >= 11 is 0. The van der Waals surface area contributed by atoms with E-state index < -0.39 is 41.5 Å². The molecule has 0 amide bonds. The zero-order valence-corrected chi connectivity index (χ0v) is 9.53. The van der Waals surface area contributed by atoms with Crippen molar-refractivity contribution in [2.45, 2.75) is 9.79 Å². The van der Waals surface area contributed by atoms with Crippen molar-refractivity contribution in [2.24, 2.45) is 0 Å². The molecule has 0 aliphatic carbocycles. The summed E-state index contributed by atoms with van der Waals surface area (Å²) in [6.45, 7) is 0. The van der Waals surface area contributed by atoms with Crippen LogP contribution in [0.1, 0.15) is 0 Å². The zero-order valence-electron chi connectivity index (χ0n) is 7.89. The predicted molar refractivity (Wildman–Crippen MR) is 61.6 cm³/mol. The average Bonchev–Trinajstić information content (AvgIpc) is 2.04. The summed E-state index contributed by atoms with van der Waals surface area (Å²) in [5, 5.41) is 18.2. The maximum atomic E-state index is 10.6. The van der Waals surface area contributed by atoms with Crippen molar-refractivity contribution in [3.63, 3.8) is 0 Å². The molecular formula is C6H10CaO9S2. The van der Waals surface area contributed by atoms with E-state index in [0.717, 1.165) is 0 Å². The van der Waals surface area contributed by atoms with Crippen LogP contribution in [0.3, 0.4) is 0 Å². The van der Waals surface area contributed by atoms with Gasteiger partial charge < -0.3 is 15.7 Å². The Morgan fingerprint density at radius 1 is 0.778 bits per heavy atom. The summed E-state index contributed by atoms with van der Waals surface area (Å²) < 4.78 is 59.7. The van der Waals surface area contributed by atoms with Crippen LogP contribution in [-0.2, 0) is 20.2 Å². The Morgan fingerprint density at radius 2 is 1.00 bits per heavy atom. The summed E-state index contributed by atoms with van der Waals surface area (Å²) in [7, 11) is -9.61. The molecule has 9 nitrogen and oxygen atoms in total. The number of aromatic hydroxyl groups is 2.